The first-order valence-electron chi connectivity index (χ1n) is 7.78. The molecule has 0 bridgehead atoms. The van der Waals surface area contributed by atoms with Crippen LogP contribution in [0.5, 0.6) is 0 Å². The minimum Gasteiger partial charge on any atom is -0.449 e. The van der Waals surface area contributed by atoms with Crippen LogP contribution in [0.1, 0.15) is 0 Å². The number of esters is 4. The zero-order valence-electron chi connectivity index (χ0n) is 15.2. The number of halogens is 12. The third-order valence-corrected chi connectivity index (χ3v) is 3.28. The Morgan fingerprint density at radius 2 is 0.853 bits per heavy atom. The minimum atomic E-state index is -6.03. The Bertz CT molecular complexity index is 731. The SMILES string of the molecule is O=C(OC1OC[C@@H](OC(=O)C(F)(F)F)[C@@H](OC(=O)C(F)(F)F)[C@H]1OC(=O)C(F)(F)F)C(F)(F)F. The summed E-state index contributed by atoms with van der Waals surface area (Å²) in [6.45, 7) is -1.74. The first-order valence-corrected chi connectivity index (χ1v) is 7.78. The molecule has 0 spiro atoms. The molecule has 196 valence electrons. The van der Waals surface area contributed by atoms with Crippen LogP contribution in [0.25, 0.3) is 0 Å². The van der Waals surface area contributed by atoms with E-state index in [4.69, 9.17) is 0 Å². The van der Waals surface area contributed by atoms with Gasteiger partial charge in [0.2, 0.25) is 12.4 Å². The molecule has 9 nitrogen and oxygen atoms in total. The van der Waals surface area contributed by atoms with Gasteiger partial charge in [-0.3, -0.25) is 0 Å². The number of carbonyl (C=O) groups excluding carboxylic acids is 4. The molecule has 0 amide bonds. The van der Waals surface area contributed by atoms with Crippen molar-refractivity contribution in [1.29, 1.82) is 0 Å². The molecule has 1 aliphatic rings. The van der Waals surface area contributed by atoms with Gasteiger partial charge in [-0.05, 0) is 0 Å². The van der Waals surface area contributed by atoms with Gasteiger partial charge in [-0.1, -0.05) is 0 Å². The summed E-state index contributed by atoms with van der Waals surface area (Å²) in [5.41, 5.74) is 0. The van der Waals surface area contributed by atoms with E-state index in [-0.39, 0.29) is 0 Å². The fourth-order valence-corrected chi connectivity index (χ4v) is 1.97. The highest BCUT2D eigenvalue weighted by Gasteiger charge is 2.57. The molecule has 0 radical (unpaired) electrons. The molecule has 0 aliphatic carbocycles. The van der Waals surface area contributed by atoms with Crippen LogP contribution in [0.2, 0.25) is 0 Å². The molecule has 1 rings (SSSR count). The van der Waals surface area contributed by atoms with E-state index >= 15 is 0 Å². The molecule has 0 aromatic carbocycles. The highest BCUT2D eigenvalue weighted by molar-refractivity contribution is 5.78. The number of rotatable bonds is 4. The summed E-state index contributed by atoms with van der Waals surface area (Å²) >= 11 is 0. The first-order chi connectivity index (χ1) is 15.0. The predicted octanol–water partition coefficient (Wildman–Crippen LogP) is 1.87. The third kappa shape index (κ3) is 7.80. The van der Waals surface area contributed by atoms with Crippen LogP contribution in [0.3, 0.4) is 0 Å². The lowest BCUT2D eigenvalue weighted by atomic mass is 10.0. The Kier molecular flexibility index (Phi) is 8.28. The molecule has 1 aliphatic heterocycles. The standard InChI is InChI=1S/C13H6F12O9/c14-10(15,16)6(26)31-2-1-30-5(34-9(29)13(23,24)25)4(33-8(28)12(20,21)22)3(2)32-7(27)11(17,18)19/h2-5H,1H2/t2-,3-,4-,5?/m1/s1. The predicted molar refractivity (Wildman–Crippen MR) is 69.7 cm³/mol. The number of hydrogen-bond acceptors (Lipinski definition) is 9. The number of alkyl halides is 12. The second kappa shape index (κ2) is 9.70. The van der Waals surface area contributed by atoms with Crippen LogP contribution in [-0.2, 0) is 42.9 Å². The van der Waals surface area contributed by atoms with E-state index < -0.39 is 79.8 Å². The Balaban J connectivity index is 3.45. The molecule has 0 aromatic heterocycles. The van der Waals surface area contributed by atoms with Crippen molar-refractivity contribution in [2.24, 2.45) is 0 Å². The highest BCUT2D eigenvalue weighted by Crippen LogP contribution is 2.32. The van der Waals surface area contributed by atoms with Gasteiger partial charge in [-0.25, -0.2) is 19.2 Å². The van der Waals surface area contributed by atoms with Crippen molar-refractivity contribution >= 4 is 23.9 Å². The van der Waals surface area contributed by atoms with Crippen LogP contribution in [0.15, 0.2) is 0 Å². The normalized spacial score (nSPS) is 24.1. The fraction of sp³-hybridized carbons (Fsp3) is 0.692. The molecule has 1 heterocycles. The fourth-order valence-electron chi connectivity index (χ4n) is 1.97. The number of hydrogen-bond donors (Lipinski definition) is 0. The van der Waals surface area contributed by atoms with Crippen molar-refractivity contribution in [2.75, 3.05) is 6.61 Å². The van der Waals surface area contributed by atoms with Crippen molar-refractivity contribution in [2.45, 2.75) is 49.3 Å². The van der Waals surface area contributed by atoms with Crippen LogP contribution >= 0.6 is 0 Å². The van der Waals surface area contributed by atoms with Gasteiger partial charge in [-0.15, -0.1) is 0 Å². The maximum Gasteiger partial charge on any atom is 0.491 e. The van der Waals surface area contributed by atoms with E-state index in [1.165, 1.54) is 0 Å². The van der Waals surface area contributed by atoms with E-state index in [1.807, 2.05) is 0 Å². The zero-order valence-corrected chi connectivity index (χ0v) is 15.2. The van der Waals surface area contributed by atoms with E-state index in [0.717, 1.165) is 0 Å². The average molecular weight is 534 g/mol. The first kappa shape index (κ1) is 29.0. The summed E-state index contributed by atoms with van der Waals surface area (Å²) in [6.07, 6.45) is -36.8. The number of ether oxygens (including phenoxy) is 5. The molecule has 0 N–H and O–H groups in total. The average Bonchev–Trinajstić information content (AvgIpc) is 2.62. The van der Waals surface area contributed by atoms with Crippen LogP contribution in [-0.4, -0.2) is 79.8 Å². The molecule has 21 heteroatoms. The summed E-state index contributed by atoms with van der Waals surface area (Å²) < 4.78 is 168. The Labute approximate surface area is 176 Å². The molecule has 34 heavy (non-hydrogen) atoms. The lowest BCUT2D eigenvalue weighted by Crippen LogP contribution is -2.60. The molecular weight excluding hydrogens is 528 g/mol. The van der Waals surface area contributed by atoms with E-state index in [9.17, 15) is 71.9 Å². The van der Waals surface area contributed by atoms with Gasteiger partial charge in [0.1, 0.15) is 0 Å². The summed E-state index contributed by atoms with van der Waals surface area (Å²) in [5, 5.41) is 0. The molecule has 1 fully saturated rings. The van der Waals surface area contributed by atoms with Gasteiger partial charge in [0.25, 0.3) is 0 Å². The highest BCUT2D eigenvalue weighted by atomic mass is 19.4. The number of carbonyl (C=O) groups is 4. The van der Waals surface area contributed by atoms with Crippen molar-refractivity contribution in [3.8, 4) is 0 Å². The quantitative estimate of drug-likeness (QED) is 0.303. The largest absolute Gasteiger partial charge is 0.491 e. The molecule has 1 unspecified atom stereocenters. The summed E-state index contributed by atoms with van der Waals surface area (Å²) in [7, 11) is 0. The molecule has 4 atom stereocenters. The van der Waals surface area contributed by atoms with E-state index in [1.54, 1.807) is 0 Å². The smallest absolute Gasteiger partial charge is 0.449 e. The van der Waals surface area contributed by atoms with E-state index in [0.29, 0.717) is 0 Å². The van der Waals surface area contributed by atoms with Gasteiger partial charge in [0.05, 0.1) is 6.61 Å². The lowest BCUT2D eigenvalue weighted by Gasteiger charge is -2.40. The van der Waals surface area contributed by atoms with Gasteiger partial charge in [-0.2, -0.15) is 52.7 Å². The van der Waals surface area contributed by atoms with Crippen LogP contribution in [0, 0.1) is 0 Å². The molecule has 0 saturated carbocycles. The maximum absolute atomic E-state index is 12.5. The van der Waals surface area contributed by atoms with Gasteiger partial charge in [0.15, 0.2) is 12.2 Å². The van der Waals surface area contributed by atoms with Gasteiger partial charge >= 0.3 is 48.6 Å². The molecular formula is C13H6F12O9. The van der Waals surface area contributed by atoms with Gasteiger partial charge in [0, 0.05) is 0 Å². The van der Waals surface area contributed by atoms with Crippen molar-refractivity contribution in [3.63, 3.8) is 0 Å². The summed E-state index contributed by atoms with van der Waals surface area (Å²) in [5.74, 6) is -13.3. The van der Waals surface area contributed by atoms with Crippen molar-refractivity contribution in [3.05, 3.63) is 0 Å². The van der Waals surface area contributed by atoms with E-state index in [2.05, 4.69) is 23.7 Å². The lowest BCUT2D eigenvalue weighted by molar-refractivity contribution is -0.300. The second-order valence-electron chi connectivity index (χ2n) is 5.78. The van der Waals surface area contributed by atoms with Gasteiger partial charge < -0.3 is 23.7 Å². The minimum absolute atomic E-state index is 1.74. The van der Waals surface area contributed by atoms with Crippen molar-refractivity contribution in [1.82, 2.24) is 0 Å². The Morgan fingerprint density at radius 1 is 0.529 bits per heavy atom. The molecule has 0 aromatic rings. The van der Waals surface area contributed by atoms with Crippen molar-refractivity contribution < 1.29 is 95.5 Å². The Hall–Kier alpha value is -3.00. The third-order valence-electron chi connectivity index (χ3n) is 3.28. The van der Waals surface area contributed by atoms with Crippen LogP contribution in [0.4, 0.5) is 52.7 Å². The molecule has 1 saturated heterocycles. The summed E-state index contributed by atoms with van der Waals surface area (Å²) in [6, 6.07) is 0. The monoisotopic (exact) mass is 534 g/mol. The second-order valence-corrected chi connectivity index (χ2v) is 5.78. The topological polar surface area (TPSA) is 114 Å². The zero-order chi connectivity index (χ0) is 26.9. The summed E-state index contributed by atoms with van der Waals surface area (Å²) in [4.78, 5) is 44.0. The maximum atomic E-state index is 12.5. The van der Waals surface area contributed by atoms with Crippen LogP contribution < -0.4 is 0 Å². The Morgan fingerprint density at radius 3 is 1.24 bits per heavy atom.